The molecule has 0 radical (unpaired) electrons. The monoisotopic (exact) mass is 347 g/mol. The number of nitrogens with zero attached hydrogens (tertiary/aromatic N) is 1. The van der Waals surface area contributed by atoms with Crippen molar-refractivity contribution in [3.8, 4) is 5.75 Å². The van der Waals surface area contributed by atoms with Gasteiger partial charge in [0.05, 0.1) is 25.3 Å². The maximum absolute atomic E-state index is 12.4. The van der Waals surface area contributed by atoms with Gasteiger partial charge in [0.2, 0.25) is 5.91 Å². The first-order chi connectivity index (χ1) is 12.2. The molecule has 2 aliphatic rings. The second-order valence-corrected chi connectivity index (χ2v) is 6.98. The number of rotatable bonds is 6. The van der Waals surface area contributed by atoms with Crippen molar-refractivity contribution < 1.29 is 14.6 Å². The van der Waals surface area contributed by atoms with Gasteiger partial charge in [0.25, 0.3) is 0 Å². The topological polar surface area (TPSA) is 73.8 Å². The number of carbonyl (C=O) groups is 1. The van der Waals surface area contributed by atoms with Crippen molar-refractivity contribution in [2.45, 2.75) is 43.9 Å². The van der Waals surface area contributed by atoms with E-state index in [-0.39, 0.29) is 18.0 Å². The van der Waals surface area contributed by atoms with E-state index in [1.165, 1.54) is 24.8 Å². The number of aliphatic hydroxyl groups is 1. The number of piperidine rings is 1. The quantitative estimate of drug-likeness (QED) is 0.718. The van der Waals surface area contributed by atoms with Crippen LogP contribution in [0.4, 0.5) is 0 Å². The number of hydrogen-bond acceptors (Lipinski definition) is 5. The lowest BCUT2D eigenvalue weighted by atomic mass is 10.0. The van der Waals surface area contributed by atoms with Crippen molar-refractivity contribution in [1.82, 2.24) is 15.5 Å². The van der Waals surface area contributed by atoms with Crippen molar-refractivity contribution in [3.63, 3.8) is 0 Å². The Hall–Kier alpha value is -1.63. The van der Waals surface area contributed by atoms with Gasteiger partial charge in [-0.2, -0.15) is 0 Å². The number of carbonyl (C=O) groups excluding carboxylic acids is 1. The standard InChI is InChI=1S/C19H29N3O3/c1-25-16-7-5-14(6-8-16)18(22-9-3-2-4-10-22)13-21-19(24)17-11-15(23)12-20-17/h5-8,15,17-18,20,23H,2-4,9-13H2,1H3,(H,21,24). The minimum atomic E-state index is -0.421. The summed E-state index contributed by atoms with van der Waals surface area (Å²) in [6, 6.07) is 8.00. The number of methoxy groups -OCH3 is 1. The molecule has 1 aromatic carbocycles. The predicted octanol–water partition coefficient (Wildman–Crippen LogP) is 1.06. The van der Waals surface area contributed by atoms with Crippen molar-refractivity contribution in [2.75, 3.05) is 33.3 Å². The molecule has 25 heavy (non-hydrogen) atoms. The fraction of sp³-hybridized carbons (Fsp3) is 0.632. The first kappa shape index (κ1) is 18.2. The van der Waals surface area contributed by atoms with E-state index in [0.717, 1.165) is 18.8 Å². The van der Waals surface area contributed by atoms with Crippen LogP contribution in [0.5, 0.6) is 5.75 Å². The van der Waals surface area contributed by atoms with Crippen molar-refractivity contribution in [2.24, 2.45) is 0 Å². The highest BCUT2D eigenvalue weighted by atomic mass is 16.5. The number of hydrogen-bond donors (Lipinski definition) is 3. The minimum absolute atomic E-state index is 0.0212. The highest BCUT2D eigenvalue weighted by Gasteiger charge is 2.29. The summed E-state index contributed by atoms with van der Waals surface area (Å²) >= 11 is 0. The smallest absolute Gasteiger partial charge is 0.237 e. The van der Waals surface area contributed by atoms with Gasteiger partial charge in [-0.3, -0.25) is 9.69 Å². The fourth-order valence-corrected chi connectivity index (χ4v) is 3.75. The largest absolute Gasteiger partial charge is 0.497 e. The highest BCUT2D eigenvalue weighted by molar-refractivity contribution is 5.82. The molecule has 0 saturated carbocycles. The van der Waals surface area contributed by atoms with Gasteiger partial charge < -0.3 is 20.5 Å². The number of amides is 1. The first-order valence-corrected chi connectivity index (χ1v) is 9.24. The van der Waals surface area contributed by atoms with Crippen molar-refractivity contribution in [3.05, 3.63) is 29.8 Å². The van der Waals surface area contributed by atoms with Gasteiger partial charge in [-0.1, -0.05) is 18.6 Å². The molecule has 3 atom stereocenters. The number of aliphatic hydroxyl groups excluding tert-OH is 1. The van der Waals surface area contributed by atoms with E-state index < -0.39 is 6.10 Å². The Morgan fingerprint density at radius 3 is 2.64 bits per heavy atom. The Morgan fingerprint density at radius 2 is 2.04 bits per heavy atom. The average molecular weight is 347 g/mol. The molecule has 3 N–H and O–H groups in total. The maximum atomic E-state index is 12.4. The van der Waals surface area contributed by atoms with Crippen LogP contribution in [0.3, 0.4) is 0 Å². The molecule has 0 bridgehead atoms. The third kappa shape index (κ3) is 4.71. The normalized spacial score (nSPS) is 25.5. The van der Waals surface area contributed by atoms with Gasteiger partial charge in [-0.25, -0.2) is 0 Å². The molecule has 2 aliphatic heterocycles. The molecule has 138 valence electrons. The second-order valence-electron chi connectivity index (χ2n) is 6.98. The SMILES string of the molecule is COc1ccc(C(CNC(=O)C2CC(O)CN2)N2CCCCC2)cc1. The molecule has 1 aromatic rings. The number of likely N-dealkylation sites (tertiary alicyclic amines) is 1. The lowest BCUT2D eigenvalue weighted by molar-refractivity contribution is -0.123. The Labute approximate surface area is 149 Å². The van der Waals surface area contributed by atoms with Crippen LogP contribution in [-0.4, -0.2) is 61.3 Å². The molecule has 2 saturated heterocycles. The van der Waals surface area contributed by atoms with Gasteiger partial charge >= 0.3 is 0 Å². The lowest BCUT2D eigenvalue weighted by Crippen LogP contribution is -2.45. The molecule has 6 heteroatoms. The predicted molar refractivity (Wildman–Crippen MR) is 96.6 cm³/mol. The number of β-amino-alcohol motifs (C(OH)–C–C–N with tert-alkyl or cyclic N) is 1. The lowest BCUT2D eigenvalue weighted by Gasteiger charge is -2.35. The zero-order chi connectivity index (χ0) is 17.6. The van der Waals surface area contributed by atoms with Crippen LogP contribution in [0.1, 0.15) is 37.3 Å². The van der Waals surface area contributed by atoms with Crippen LogP contribution < -0.4 is 15.4 Å². The Morgan fingerprint density at radius 1 is 1.32 bits per heavy atom. The molecule has 1 amide bonds. The average Bonchev–Trinajstić information content (AvgIpc) is 3.10. The van der Waals surface area contributed by atoms with Crippen LogP contribution >= 0.6 is 0 Å². The molecule has 0 spiro atoms. The van der Waals surface area contributed by atoms with Crippen LogP contribution in [0.15, 0.2) is 24.3 Å². The summed E-state index contributed by atoms with van der Waals surface area (Å²) in [5, 5.41) is 15.8. The van der Waals surface area contributed by atoms with E-state index in [2.05, 4.69) is 27.7 Å². The Kier molecular flexibility index (Phi) is 6.29. The maximum Gasteiger partial charge on any atom is 0.237 e. The molecule has 2 heterocycles. The summed E-state index contributed by atoms with van der Waals surface area (Å²) in [5.41, 5.74) is 1.20. The third-order valence-corrected chi connectivity index (χ3v) is 5.23. The van der Waals surface area contributed by atoms with Gasteiger partial charge in [-0.15, -0.1) is 0 Å². The zero-order valence-corrected chi connectivity index (χ0v) is 14.9. The summed E-state index contributed by atoms with van der Waals surface area (Å²) in [6.07, 6.45) is 3.76. The van der Waals surface area contributed by atoms with Gasteiger partial charge in [0.15, 0.2) is 0 Å². The summed E-state index contributed by atoms with van der Waals surface area (Å²) in [5.74, 6) is 0.821. The van der Waals surface area contributed by atoms with Gasteiger partial charge in [0, 0.05) is 13.1 Å². The van der Waals surface area contributed by atoms with E-state index in [4.69, 9.17) is 4.74 Å². The van der Waals surface area contributed by atoms with E-state index in [0.29, 0.717) is 19.5 Å². The van der Waals surface area contributed by atoms with Crippen molar-refractivity contribution >= 4 is 5.91 Å². The first-order valence-electron chi connectivity index (χ1n) is 9.24. The van der Waals surface area contributed by atoms with E-state index in [1.807, 2.05) is 12.1 Å². The number of benzene rings is 1. The Bertz CT molecular complexity index is 558. The molecular weight excluding hydrogens is 318 g/mol. The molecule has 6 nitrogen and oxygen atoms in total. The van der Waals surface area contributed by atoms with Crippen molar-refractivity contribution in [1.29, 1.82) is 0 Å². The number of nitrogens with one attached hydrogen (secondary N) is 2. The third-order valence-electron chi connectivity index (χ3n) is 5.23. The second kappa shape index (κ2) is 8.65. The van der Waals surface area contributed by atoms with Crippen LogP contribution in [-0.2, 0) is 4.79 Å². The summed E-state index contributed by atoms with van der Waals surface area (Å²) < 4.78 is 5.25. The van der Waals surface area contributed by atoms with Gasteiger partial charge in [0.1, 0.15) is 5.75 Å². The molecule has 0 aromatic heterocycles. The van der Waals surface area contributed by atoms with Crippen LogP contribution in [0.2, 0.25) is 0 Å². The molecule has 2 fully saturated rings. The van der Waals surface area contributed by atoms with E-state index in [9.17, 15) is 9.90 Å². The zero-order valence-electron chi connectivity index (χ0n) is 14.9. The summed E-state index contributed by atoms with van der Waals surface area (Å²) in [6.45, 7) is 3.20. The summed E-state index contributed by atoms with van der Waals surface area (Å²) in [4.78, 5) is 14.8. The van der Waals surface area contributed by atoms with E-state index >= 15 is 0 Å². The molecule has 3 rings (SSSR count). The Balaban J connectivity index is 1.66. The van der Waals surface area contributed by atoms with Crippen LogP contribution in [0.25, 0.3) is 0 Å². The fourth-order valence-electron chi connectivity index (χ4n) is 3.75. The highest BCUT2D eigenvalue weighted by Crippen LogP contribution is 2.26. The summed E-state index contributed by atoms with van der Waals surface area (Å²) in [7, 11) is 1.67. The molecule has 3 unspecified atom stereocenters. The molecule has 0 aliphatic carbocycles. The van der Waals surface area contributed by atoms with Crippen LogP contribution in [0, 0.1) is 0 Å². The van der Waals surface area contributed by atoms with Gasteiger partial charge in [-0.05, 0) is 50.0 Å². The van der Waals surface area contributed by atoms with E-state index in [1.54, 1.807) is 7.11 Å². The minimum Gasteiger partial charge on any atom is -0.497 e. The number of ether oxygens (including phenoxy) is 1. The molecular formula is C19H29N3O3.